The molecule has 43 heavy (non-hydrogen) atoms. The maximum atomic E-state index is 5.95. The summed E-state index contributed by atoms with van der Waals surface area (Å²) in [7, 11) is 3.91. The van der Waals surface area contributed by atoms with E-state index in [0.29, 0.717) is 0 Å². The van der Waals surface area contributed by atoms with Crippen molar-refractivity contribution in [1.29, 1.82) is 0 Å². The maximum absolute atomic E-state index is 5.95. The average molecular weight is 555 g/mol. The lowest BCUT2D eigenvalue weighted by Gasteiger charge is -2.08. The molecule has 6 aromatic carbocycles. The van der Waals surface area contributed by atoms with E-state index in [-0.39, 0.29) is 0 Å². The normalized spacial score (nSPS) is 12.0. The van der Waals surface area contributed by atoms with Gasteiger partial charge >= 0.3 is 0 Å². The molecule has 9 aromatic rings. The van der Waals surface area contributed by atoms with Crippen LogP contribution in [0.15, 0.2) is 133 Å². The van der Waals surface area contributed by atoms with E-state index in [9.17, 15) is 0 Å². The van der Waals surface area contributed by atoms with Crippen LogP contribution in [0.25, 0.3) is 76.8 Å². The molecular formula is C39H28N3O+. The van der Waals surface area contributed by atoms with E-state index in [1.54, 1.807) is 7.11 Å². The number of hydrogen-bond acceptors (Lipinski definition) is 1. The van der Waals surface area contributed by atoms with Crippen LogP contribution >= 0.6 is 0 Å². The highest BCUT2D eigenvalue weighted by Crippen LogP contribution is 2.39. The van der Waals surface area contributed by atoms with Crippen LogP contribution in [0.5, 0.6) is 5.75 Å². The predicted octanol–water partition coefficient (Wildman–Crippen LogP) is 9.02. The zero-order chi connectivity index (χ0) is 28.7. The molecule has 0 unspecified atom stereocenters. The van der Waals surface area contributed by atoms with E-state index in [2.05, 4.69) is 142 Å². The monoisotopic (exact) mass is 554 g/mol. The number of fused-ring (bicyclic) bond motifs is 9. The Bertz CT molecular complexity index is 2620. The third-order valence-corrected chi connectivity index (χ3v) is 9.04. The first kappa shape index (κ1) is 24.0. The number of nitrogens with zero attached hydrogens (tertiary/aromatic N) is 3. The molecule has 0 saturated heterocycles. The minimum absolute atomic E-state index is 0.841. The Hall–Kier alpha value is -5.61. The fraction of sp³-hybridized carbons (Fsp3) is 0.0513. The van der Waals surface area contributed by atoms with E-state index in [1.807, 2.05) is 12.1 Å². The van der Waals surface area contributed by atoms with E-state index in [4.69, 9.17) is 4.74 Å². The topological polar surface area (TPSA) is 21.9 Å². The second-order valence-electron chi connectivity index (χ2n) is 11.2. The number of hydrogen-bond donors (Lipinski definition) is 0. The fourth-order valence-corrected chi connectivity index (χ4v) is 7.27. The summed E-state index contributed by atoms with van der Waals surface area (Å²) in [6.07, 6.45) is 0. The molecule has 0 radical (unpaired) electrons. The minimum atomic E-state index is 0.841. The molecule has 0 aliphatic rings. The van der Waals surface area contributed by atoms with Gasteiger partial charge in [-0.3, -0.25) is 0 Å². The van der Waals surface area contributed by atoms with Gasteiger partial charge < -0.3 is 9.14 Å². The van der Waals surface area contributed by atoms with Crippen molar-refractivity contribution in [3.05, 3.63) is 133 Å². The van der Waals surface area contributed by atoms with Crippen LogP contribution in [0.4, 0.5) is 0 Å². The molecule has 204 valence electrons. The lowest BCUT2D eigenvalue weighted by atomic mass is 10.0. The van der Waals surface area contributed by atoms with Crippen molar-refractivity contribution in [2.75, 3.05) is 7.11 Å². The van der Waals surface area contributed by atoms with Gasteiger partial charge in [-0.05, 0) is 53.2 Å². The summed E-state index contributed by atoms with van der Waals surface area (Å²) in [5.74, 6) is 1.90. The highest BCUT2D eigenvalue weighted by Gasteiger charge is 2.28. The number of para-hydroxylation sites is 6. The van der Waals surface area contributed by atoms with Crippen molar-refractivity contribution in [3.63, 3.8) is 0 Å². The predicted molar refractivity (Wildman–Crippen MR) is 178 cm³/mol. The van der Waals surface area contributed by atoms with Crippen molar-refractivity contribution in [2.45, 2.75) is 0 Å². The van der Waals surface area contributed by atoms with Crippen LogP contribution in [-0.4, -0.2) is 15.9 Å². The summed E-state index contributed by atoms with van der Waals surface area (Å²) in [6, 6.07) is 48.2. The van der Waals surface area contributed by atoms with Crippen LogP contribution < -0.4 is 9.30 Å². The average Bonchev–Trinajstić information content (AvgIpc) is 3.56. The summed E-state index contributed by atoms with van der Waals surface area (Å²) >= 11 is 0. The Morgan fingerprint density at radius 1 is 0.465 bits per heavy atom. The summed E-state index contributed by atoms with van der Waals surface area (Å²) in [4.78, 5) is 0. The van der Waals surface area contributed by atoms with Crippen LogP contribution in [0.1, 0.15) is 0 Å². The molecule has 3 aromatic heterocycles. The number of rotatable bonds is 2. The number of aromatic nitrogens is 3. The molecule has 3 heterocycles. The molecule has 0 fully saturated rings. The van der Waals surface area contributed by atoms with Crippen molar-refractivity contribution >= 4 is 65.4 Å². The molecule has 4 nitrogen and oxygen atoms in total. The van der Waals surface area contributed by atoms with E-state index in [1.165, 1.54) is 43.4 Å². The third kappa shape index (κ3) is 3.18. The first-order chi connectivity index (χ1) is 21.3. The van der Waals surface area contributed by atoms with Gasteiger partial charge in [-0.15, -0.1) is 0 Å². The van der Waals surface area contributed by atoms with Crippen LogP contribution in [0.2, 0.25) is 0 Å². The van der Waals surface area contributed by atoms with Crippen LogP contribution in [0, 0.1) is 0 Å². The largest absolute Gasteiger partial charge is 0.496 e. The Morgan fingerprint density at radius 3 is 1.70 bits per heavy atom. The number of imidazole rings is 1. The summed E-state index contributed by atoms with van der Waals surface area (Å²) in [6.45, 7) is 0. The molecular weight excluding hydrogens is 526 g/mol. The van der Waals surface area contributed by atoms with Gasteiger partial charge in [0.05, 0.1) is 30.7 Å². The molecule has 0 spiro atoms. The van der Waals surface area contributed by atoms with Gasteiger partial charge in [-0.1, -0.05) is 91.0 Å². The van der Waals surface area contributed by atoms with E-state index < -0.39 is 0 Å². The zero-order valence-electron chi connectivity index (χ0n) is 24.0. The number of ether oxygens (including phenoxy) is 1. The molecule has 0 saturated carbocycles. The number of aryl methyl sites for hydroxylation is 1. The quantitative estimate of drug-likeness (QED) is 0.195. The highest BCUT2D eigenvalue weighted by molar-refractivity contribution is 6.23. The van der Waals surface area contributed by atoms with Crippen LogP contribution in [0.3, 0.4) is 0 Å². The Balaban J connectivity index is 1.75. The number of methoxy groups -OCH3 is 1. The molecule has 0 aliphatic heterocycles. The number of benzene rings is 6. The van der Waals surface area contributed by atoms with Gasteiger partial charge in [0.15, 0.2) is 16.6 Å². The summed E-state index contributed by atoms with van der Waals surface area (Å²) in [5.41, 5.74) is 8.00. The molecule has 0 bridgehead atoms. The van der Waals surface area contributed by atoms with Gasteiger partial charge in [-0.2, -0.15) is 4.40 Å². The van der Waals surface area contributed by atoms with Gasteiger partial charge in [0, 0.05) is 21.5 Å². The third-order valence-electron chi connectivity index (χ3n) is 9.04. The summed E-state index contributed by atoms with van der Waals surface area (Å²) in [5, 5.41) is 7.35. The van der Waals surface area contributed by atoms with Gasteiger partial charge in [0.1, 0.15) is 11.3 Å². The Labute approximate surface area is 247 Å². The Kier molecular flexibility index (Phi) is 5.00. The van der Waals surface area contributed by atoms with Crippen LogP contribution in [-0.2, 0) is 7.05 Å². The second kappa shape index (κ2) is 8.94. The maximum Gasteiger partial charge on any atom is 0.298 e. The Morgan fingerprint density at radius 2 is 0.977 bits per heavy atom. The van der Waals surface area contributed by atoms with Crippen molar-refractivity contribution < 1.29 is 9.30 Å². The molecule has 0 amide bonds. The van der Waals surface area contributed by atoms with Gasteiger partial charge in [-0.25, -0.2) is 4.57 Å². The van der Waals surface area contributed by atoms with Crippen molar-refractivity contribution in [2.24, 2.45) is 7.05 Å². The molecule has 4 heteroatoms. The van der Waals surface area contributed by atoms with Crippen molar-refractivity contribution in [1.82, 2.24) is 8.80 Å². The molecule has 9 rings (SSSR count). The minimum Gasteiger partial charge on any atom is -0.496 e. The standard InChI is InChI=1S/C39H28N3O/c1-40-35-23-12-19-29-26-14-4-3-13-25(26)28-17-11-18-30-27-15-5-7-20-32(27)41(37(28)30)33-21-8-9-22-34(33)42(38(29)35)39(40)31-16-6-10-24-36(31)43-2/h3-24H,1-2H3/q+1. The highest BCUT2D eigenvalue weighted by atomic mass is 16.5. The lowest BCUT2D eigenvalue weighted by molar-refractivity contribution is -0.633. The zero-order valence-corrected chi connectivity index (χ0v) is 24.0. The molecule has 0 aliphatic carbocycles. The SMILES string of the molecule is COc1ccccc1-c1n2c3ccccc3n3c4ccccc4c4cccc(c5ccccc5c5cccc(c52)[n+]1C)c43. The molecule has 0 atom stereocenters. The first-order valence-corrected chi connectivity index (χ1v) is 14.6. The second-order valence-corrected chi connectivity index (χ2v) is 11.2. The van der Waals surface area contributed by atoms with Crippen molar-refractivity contribution in [3.8, 4) is 17.1 Å². The lowest BCUT2D eigenvalue weighted by Crippen LogP contribution is -2.29. The molecule has 0 N–H and O–H groups in total. The fourth-order valence-electron chi connectivity index (χ4n) is 7.27. The van der Waals surface area contributed by atoms with E-state index >= 15 is 0 Å². The van der Waals surface area contributed by atoms with Gasteiger partial charge in [0.25, 0.3) is 5.82 Å². The summed E-state index contributed by atoms with van der Waals surface area (Å²) < 4.78 is 13.2. The van der Waals surface area contributed by atoms with Gasteiger partial charge in [0.2, 0.25) is 0 Å². The smallest absolute Gasteiger partial charge is 0.298 e. The first-order valence-electron chi connectivity index (χ1n) is 14.6. The van der Waals surface area contributed by atoms with E-state index in [0.717, 1.165) is 39.2 Å².